The molecule has 0 spiro atoms. The number of nitrogens with zero attached hydrogens (tertiary/aromatic N) is 3. The van der Waals surface area contributed by atoms with Gasteiger partial charge in [-0.25, -0.2) is 9.49 Å². The van der Waals surface area contributed by atoms with Gasteiger partial charge in [0.25, 0.3) is 0 Å². The highest BCUT2D eigenvalue weighted by molar-refractivity contribution is 7.71. The normalized spacial score (nSPS) is 10.6. The minimum Gasteiger partial charge on any atom is -0.313 e. The Balaban J connectivity index is 2.08. The summed E-state index contributed by atoms with van der Waals surface area (Å²) in [5.41, 5.74) is 1.74. The summed E-state index contributed by atoms with van der Waals surface area (Å²) in [4.78, 5) is 1.85. The van der Waals surface area contributed by atoms with Crippen LogP contribution in [0.2, 0.25) is 0 Å². The summed E-state index contributed by atoms with van der Waals surface area (Å²) in [6.07, 6.45) is 0. The first-order valence-electron chi connectivity index (χ1n) is 6.39. The van der Waals surface area contributed by atoms with Gasteiger partial charge in [0.05, 0.1) is 5.69 Å². The zero-order valence-electron chi connectivity index (χ0n) is 11.3. The first kappa shape index (κ1) is 13.5. The molecule has 0 fully saturated rings. The molecular weight excluding hydrogens is 287 g/mol. The van der Waals surface area contributed by atoms with Crippen molar-refractivity contribution in [2.75, 3.05) is 11.9 Å². The van der Waals surface area contributed by atoms with Crippen LogP contribution in [-0.4, -0.2) is 21.8 Å². The van der Waals surface area contributed by atoms with Crippen molar-refractivity contribution in [3.63, 3.8) is 0 Å². The number of aromatic nitrogens is 3. The standard InChI is InChI=1S/C15H13FN4S/c1-19(12-9-7-11(16)8-10-12)14-17-18-15(21)20(14)13-5-3-2-4-6-13/h2-10H,1H3,(H,18,21). The van der Waals surface area contributed by atoms with Crippen LogP contribution in [0.4, 0.5) is 16.0 Å². The van der Waals surface area contributed by atoms with E-state index in [1.807, 2.05) is 46.8 Å². The largest absolute Gasteiger partial charge is 0.313 e. The Morgan fingerprint density at radius 1 is 1.10 bits per heavy atom. The van der Waals surface area contributed by atoms with E-state index >= 15 is 0 Å². The summed E-state index contributed by atoms with van der Waals surface area (Å²) >= 11 is 5.30. The Morgan fingerprint density at radius 2 is 1.76 bits per heavy atom. The Labute approximate surface area is 126 Å². The molecule has 3 aromatic rings. The molecule has 0 radical (unpaired) electrons. The van der Waals surface area contributed by atoms with Gasteiger partial charge in [0.15, 0.2) is 0 Å². The molecule has 3 rings (SSSR count). The van der Waals surface area contributed by atoms with Crippen LogP contribution < -0.4 is 4.90 Å². The Kier molecular flexibility index (Phi) is 3.53. The quantitative estimate of drug-likeness (QED) is 0.747. The van der Waals surface area contributed by atoms with Crippen LogP contribution in [0, 0.1) is 10.6 Å². The third-order valence-corrected chi connectivity index (χ3v) is 3.46. The minimum absolute atomic E-state index is 0.269. The number of para-hydroxylation sites is 1. The second kappa shape index (κ2) is 5.49. The third kappa shape index (κ3) is 2.57. The van der Waals surface area contributed by atoms with Gasteiger partial charge in [0.2, 0.25) is 10.7 Å². The Morgan fingerprint density at radius 3 is 2.43 bits per heavy atom. The van der Waals surface area contributed by atoms with Gasteiger partial charge in [-0.15, -0.1) is 5.10 Å². The van der Waals surface area contributed by atoms with E-state index in [1.165, 1.54) is 12.1 Å². The lowest BCUT2D eigenvalue weighted by molar-refractivity contribution is 0.628. The number of benzene rings is 2. The lowest BCUT2D eigenvalue weighted by Crippen LogP contribution is -2.15. The fourth-order valence-electron chi connectivity index (χ4n) is 2.10. The SMILES string of the molecule is CN(c1ccc(F)cc1)c1n[nH]c(=S)n1-c1ccccc1. The molecular formula is C15H13FN4S. The number of aromatic amines is 1. The van der Waals surface area contributed by atoms with Crippen LogP contribution in [0.5, 0.6) is 0 Å². The monoisotopic (exact) mass is 300 g/mol. The van der Waals surface area contributed by atoms with Gasteiger partial charge in [0, 0.05) is 12.7 Å². The van der Waals surface area contributed by atoms with E-state index < -0.39 is 0 Å². The number of hydrogen-bond donors (Lipinski definition) is 1. The lowest BCUT2D eigenvalue weighted by atomic mass is 10.3. The van der Waals surface area contributed by atoms with Crippen LogP contribution in [0.1, 0.15) is 0 Å². The zero-order chi connectivity index (χ0) is 14.8. The van der Waals surface area contributed by atoms with E-state index in [1.54, 1.807) is 12.1 Å². The van der Waals surface area contributed by atoms with Crippen molar-refractivity contribution in [2.24, 2.45) is 0 Å². The van der Waals surface area contributed by atoms with Gasteiger partial charge < -0.3 is 4.90 Å². The first-order valence-corrected chi connectivity index (χ1v) is 6.80. The van der Waals surface area contributed by atoms with Gasteiger partial charge in [-0.2, -0.15) is 0 Å². The van der Waals surface area contributed by atoms with Gasteiger partial charge in [0.1, 0.15) is 5.82 Å². The average Bonchev–Trinajstić information content (AvgIpc) is 2.90. The lowest BCUT2D eigenvalue weighted by Gasteiger charge is -2.19. The van der Waals surface area contributed by atoms with Gasteiger partial charge in [-0.05, 0) is 48.6 Å². The van der Waals surface area contributed by atoms with E-state index in [0.29, 0.717) is 10.7 Å². The predicted octanol–water partition coefficient (Wildman–Crippen LogP) is 3.84. The Hall–Kier alpha value is -2.47. The fourth-order valence-corrected chi connectivity index (χ4v) is 2.34. The number of anilines is 2. The van der Waals surface area contributed by atoms with E-state index in [-0.39, 0.29) is 5.82 Å². The predicted molar refractivity (Wildman–Crippen MR) is 83.2 cm³/mol. The molecule has 0 unspecified atom stereocenters. The summed E-state index contributed by atoms with van der Waals surface area (Å²) in [7, 11) is 1.86. The minimum atomic E-state index is -0.269. The number of halogens is 1. The van der Waals surface area contributed by atoms with E-state index in [4.69, 9.17) is 12.2 Å². The van der Waals surface area contributed by atoms with Crippen LogP contribution in [-0.2, 0) is 0 Å². The van der Waals surface area contributed by atoms with Gasteiger partial charge in [-0.3, -0.25) is 4.57 Å². The van der Waals surface area contributed by atoms with E-state index in [2.05, 4.69) is 10.2 Å². The second-order valence-electron chi connectivity index (χ2n) is 4.54. The zero-order valence-corrected chi connectivity index (χ0v) is 12.1. The molecule has 21 heavy (non-hydrogen) atoms. The molecule has 1 aromatic heterocycles. The van der Waals surface area contributed by atoms with Crippen LogP contribution >= 0.6 is 12.2 Å². The highest BCUT2D eigenvalue weighted by Gasteiger charge is 2.14. The molecule has 106 valence electrons. The van der Waals surface area contributed by atoms with Gasteiger partial charge in [-0.1, -0.05) is 18.2 Å². The molecule has 1 heterocycles. The molecule has 0 aliphatic heterocycles. The molecule has 0 aliphatic rings. The smallest absolute Gasteiger partial charge is 0.234 e. The van der Waals surface area contributed by atoms with Crippen molar-refractivity contribution >= 4 is 23.9 Å². The molecule has 0 saturated heterocycles. The maximum Gasteiger partial charge on any atom is 0.234 e. The molecule has 0 amide bonds. The van der Waals surface area contributed by atoms with Crippen molar-refractivity contribution in [1.29, 1.82) is 0 Å². The van der Waals surface area contributed by atoms with Crippen LogP contribution in [0.25, 0.3) is 5.69 Å². The van der Waals surface area contributed by atoms with Crippen LogP contribution in [0.3, 0.4) is 0 Å². The number of nitrogens with one attached hydrogen (secondary N) is 1. The van der Waals surface area contributed by atoms with E-state index in [9.17, 15) is 4.39 Å². The summed E-state index contributed by atoms with van der Waals surface area (Å²) in [6, 6.07) is 15.9. The average molecular weight is 300 g/mol. The highest BCUT2D eigenvalue weighted by Crippen LogP contribution is 2.24. The summed E-state index contributed by atoms with van der Waals surface area (Å²) < 4.78 is 15.4. The topological polar surface area (TPSA) is 36.9 Å². The molecule has 2 aromatic carbocycles. The summed E-state index contributed by atoms with van der Waals surface area (Å²) in [5.74, 6) is 0.367. The molecule has 6 heteroatoms. The van der Waals surface area contributed by atoms with Crippen molar-refractivity contribution < 1.29 is 4.39 Å². The maximum absolute atomic E-state index is 13.0. The molecule has 0 bridgehead atoms. The molecule has 1 N–H and O–H groups in total. The van der Waals surface area contributed by atoms with Crippen LogP contribution in [0.15, 0.2) is 54.6 Å². The molecule has 0 saturated carbocycles. The molecule has 0 atom stereocenters. The third-order valence-electron chi connectivity index (χ3n) is 3.18. The molecule has 0 aliphatic carbocycles. The maximum atomic E-state index is 13.0. The molecule has 4 nitrogen and oxygen atoms in total. The van der Waals surface area contributed by atoms with Gasteiger partial charge >= 0.3 is 0 Å². The van der Waals surface area contributed by atoms with E-state index in [0.717, 1.165) is 11.4 Å². The summed E-state index contributed by atoms with van der Waals surface area (Å²) in [6.45, 7) is 0. The Bertz CT molecular complexity index is 793. The first-order chi connectivity index (χ1) is 10.2. The number of H-pyrrole nitrogens is 1. The highest BCUT2D eigenvalue weighted by atomic mass is 32.1. The summed E-state index contributed by atoms with van der Waals surface area (Å²) in [5, 5.41) is 7.07. The van der Waals surface area contributed by atoms with Crippen molar-refractivity contribution in [3.05, 3.63) is 65.2 Å². The van der Waals surface area contributed by atoms with Crippen molar-refractivity contribution in [3.8, 4) is 5.69 Å². The number of rotatable bonds is 3. The number of hydrogen-bond acceptors (Lipinski definition) is 3. The van der Waals surface area contributed by atoms with Crippen molar-refractivity contribution in [1.82, 2.24) is 14.8 Å². The second-order valence-corrected chi connectivity index (χ2v) is 4.92. The fraction of sp³-hybridized carbons (Fsp3) is 0.0667. The van der Waals surface area contributed by atoms with Crippen molar-refractivity contribution in [2.45, 2.75) is 0 Å².